The van der Waals surface area contributed by atoms with Crippen molar-refractivity contribution in [3.63, 3.8) is 0 Å². The Morgan fingerprint density at radius 3 is 2.48 bits per heavy atom. The van der Waals surface area contributed by atoms with Crippen LogP contribution in [0.1, 0.15) is 42.3 Å². The molecular formula is C22H27NO4. The number of rotatable bonds is 7. The second-order valence-electron chi connectivity index (χ2n) is 7.09. The summed E-state index contributed by atoms with van der Waals surface area (Å²) >= 11 is 0. The van der Waals surface area contributed by atoms with Crippen molar-refractivity contribution in [2.75, 3.05) is 11.9 Å². The first kappa shape index (κ1) is 20.5. The highest BCUT2D eigenvalue weighted by Crippen LogP contribution is 2.18. The van der Waals surface area contributed by atoms with E-state index in [1.807, 2.05) is 45.9 Å². The molecule has 0 spiro atoms. The largest absolute Gasteiger partial charge is 0.493 e. The molecule has 1 N–H and O–H groups in total. The van der Waals surface area contributed by atoms with Crippen molar-refractivity contribution in [2.45, 2.75) is 40.7 Å². The Morgan fingerprint density at radius 2 is 1.78 bits per heavy atom. The fraction of sp³-hybridized carbons (Fsp3) is 0.364. The standard InChI is InChI=1S/C22H27NO4/c1-14(2)13-26-19-8-6-7-18(12-19)22(25)27-17(5)21(24)23-20-11-15(3)9-10-16(20)4/h6-12,14,17H,13H2,1-5H3,(H,23,24)/t17-/m0/s1. The molecule has 2 rings (SSSR count). The highest BCUT2D eigenvalue weighted by Gasteiger charge is 2.20. The number of nitrogens with one attached hydrogen (secondary N) is 1. The minimum atomic E-state index is -0.919. The zero-order valence-corrected chi connectivity index (χ0v) is 16.5. The Bertz CT molecular complexity index is 814. The van der Waals surface area contributed by atoms with Gasteiger partial charge in [-0.25, -0.2) is 4.79 Å². The number of aryl methyl sites for hydroxylation is 2. The van der Waals surface area contributed by atoms with Gasteiger partial charge in [0.2, 0.25) is 0 Å². The Hall–Kier alpha value is -2.82. The van der Waals surface area contributed by atoms with Crippen LogP contribution in [0.15, 0.2) is 42.5 Å². The van der Waals surface area contributed by atoms with E-state index in [-0.39, 0.29) is 5.91 Å². The van der Waals surface area contributed by atoms with E-state index in [2.05, 4.69) is 5.32 Å². The number of hydrogen-bond acceptors (Lipinski definition) is 4. The number of amides is 1. The fourth-order valence-electron chi connectivity index (χ4n) is 2.36. The lowest BCUT2D eigenvalue weighted by Gasteiger charge is -2.15. The molecule has 0 fully saturated rings. The predicted molar refractivity (Wildman–Crippen MR) is 106 cm³/mol. The second kappa shape index (κ2) is 9.21. The molecule has 2 aromatic rings. The lowest BCUT2D eigenvalue weighted by molar-refractivity contribution is -0.123. The van der Waals surface area contributed by atoms with Gasteiger partial charge < -0.3 is 14.8 Å². The fourth-order valence-corrected chi connectivity index (χ4v) is 2.36. The van der Waals surface area contributed by atoms with Crippen molar-refractivity contribution in [2.24, 2.45) is 5.92 Å². The molecule has 0 aliphatic rings. The van der Waals surface area contributed by atoms with Gasteiger partial charge in [0.25, 0.3) is 5.91 Å². The summed E-state index contributed by atoms with van der Waals surface area (Å²) in [6, 6.07) is 12.6. The van der Waals surface area contributed by atoms with Gasteiger partial charge in [-0.2, -0.15) is 0 Å². The van der Waals surface area contributed by atoms with Crippen molar-refractivity contribution in [3.05, 3.63) is 59.2 Å². The molecule has 1 amide bonds. The van der Waals surface area contributed by atoms with Crippen LogP contribution in [0.4, 0.5) is 5.69 Å². The third kappa shape index (κ3) is 6.13. The summed E-state index contributed by atoms with van der Waals surface area (Å²) in [5.74, 6) is 0.0536. The summed E-state index contributed by atoms with van der Waals surface area (Å²) in [6.07, 6.45) is -0.919. The monoisotopic (exact) mass is 369 g/mol. The number of anilines is 1. The van der Waals surface area contributed by atoms with Gasteiger partial charge >= 0.3 is 5.97 Å². The summed E-state index contributed by atoms with van der Waals surface area (Å²) < 4.78 is 10.9. The zero-order valence-electron chi connectivity index (χ0n) is 16.5. The summed E-state index contributed by atoms with van der Waals surface area (Å²) in [6.45, 7) is 10.1. The van der Waals surface area contributed by atoms with Crippen LogP contribution >= 0.6 is 0 Å². The van der Waals surface area contributed by atoms with Gasteiger partial charge in [-0.15, -0.1) is 0 Å². The molecule has 27 heavy (non-hydrogen) atoms. The minimum Gasteiger partial charge on any atom is -0.493 e. The number of benzene rings is 2. The van der Waals surface area contributed by atoms with Crippen LogP contribution in [0.2, 0.25) is 0 Å². The van der Waals surface area contributed by atoms with Crippen LogP contribution in [0, 0.1) is 19.8 Å². The van der Waals surface area contributed by atoms with Crippen LogP contribution in [-0.2, 0) is 9.53 Å². The van der Waals surface area contributed by atoms with Crippen molar-refractivity contribution in [1.82, 2.24) is 0 Å². The maximum Gasteiger partial charge on any atom is 0.339 e. The van der Waals surface area contributed by atoms with Gasteiger partial charge in [-0.1, -0.05) is 32.0 Å². The van der Waals surface area contributed by atoms with Gasteiger partial charge in [0.05, 0.1) is 12.2 Å². The molecule has 5 nitrogen and oxygen atoms in total. The lowest BCUT2D eigenvalue weighted by Crippen LogP contribution is -2.30. The second-order valence-corrected chi connectivity index (χ2v) is 7.09. The molecule has 0 heterocycles. The van der Waals surface area contributed by atoms with Gasteiger partial charge in [-0.05, 0) is 62.1 Å². The van der Waals surface area contributed by atoms with Crippen LogP contribution < -0.4 is 10.1 Å². The van der Waals surface area contributed by atoms with Gasteiger partial charge in [0.1, 0.15) is 5.75 Å². The first-order valence-electron chi connectivity index (χ1n) is 9.08. The number of esters is 1. The topological polar surface area (TPSA) is 64.6 Å². The van der Waals surface area contributed by atoms with E-state index in [9.17, 15) is 9.59 Å². The predicted octanol–water partition coefficient (Wildman–Crippen LogP) is 4.52. The molecule has 144 valence electrons. The maximum atomic E-state index is 12.4. The Labute approximate surface area is 160 Å². The molecular weight excluding hydrogens is 342 g/mol. The maximum absolute atomic E-state index is 12.4. The van der Waals surface area contributed by atoms with Crippen LogP contribution in [-0.4, -0.2) is 24.6 Å². The van der Waals surface area contributed by atoms with Crippen molar-refractivity contribution in [3.8, 4) is 5.75 Å². The quantitative estimate of drug-likeness (QED) is 0.729. The van der Waals surface area contributed by atoms with E-state index in [4.69, 9.17) is 9.47 Å². The van der Waals surface area contributed by atoms with E-state index in [0.717, 1.165) is 11.1 Å². The lowest BCUT2D eigenvalue weighted by atomic mass is 10.1. The zero-order chi connectivity index (χ0) is 20.0. The molecule has 0 aromatic heterocycles. The first-order valence-corrected chi connectivity index (χ1v) is 9.08. The summed E-state index contributed by atoms with van der Waals surface area (Å²) in [5, 5.41) is 2.81. The summed E-state index contributed by atoms with van der Waals surface area (Å²) in [4.78, 5) is 24.7. The highest BCUT2D eigenvalue weighted by atomic mass is 16.5. The molecule has 0 unspecified atom stereocenters. The summed E-state index contributed by atoms with van der Waals surface area (Å²) in [5.41, 5.74) is 3.05. The molecule has 5 heteroatoms. The molecule has 2 aromatic carbocycles. The molecule has 0 saturated heterocycles. The smallest absolute Gasteiger partial charge is 0.339 e. The molecule has 0 bridgehead atoms. The van der Waals surface area contributed by atoms with Crippen LogP contribution in [0.3, 0.4) is 0 Å². The number of carbonyl (C=O) groups excluding carboxylic acids is 2. The van der Waals surface area contributed by atoms with Gasteiger partial charge in [0.15, 0.2) is 6.10 Å². The SMILES string of the molecule is Cc1ccc(C)c(NC(=O)[C@H](C)OC(=O)c2cccc(OCC(C)C)c2)c1. The highest BCUT2D eigenvalue weighted by molar-refractivity contribution is 5.97. The van der Waals surface area contributed by atoms with E-state index in [1.54, 1.807) is 31.2 Å². The van der Waals surface area contributed by atoms with Crippen LogP contribution in [0.25, 0.3) is 0 Å². The number of ether oxygens (including phenoxy) is 2. The van der Waals surface area contributed by atoms with Crippen molar-refractivity contribution in [1.29, 1.82) is 0 Å². The number of hydrogen-bond donors (Lipinski definition) is 1. The van der Waals surface area contributed by atoms with Gasteiger partial charge in [0, 0.05) is 5.69 Å². The molecule has 0 saturated carbocycles. The Balaban J connectivity index is 1.99. The Kier molecular flexibility index (Phi) is 6.99. The molecule has 1 atom stereocenters. The molecule has 0 radical (unpaired) electrons. The number of carbonyl (C=O) groups is 2. The van der Waals surface area contributed by atoms with E-state index in [1.165, 1.54) is 0 Å². The third-order valence-electron chi connectivity index (χ3n) is 3.96. The average molecular weight is 369 g/mol. The van der Waals surface area contributed by atoms with E-state index < -0.39 is 12.1 Å². The average Bonchev–Trinajstić information content (AvgIpc) is 2.63. The third-order valence-corrected chi connectivity index (χ3v) is 3.96. The molecule has 0 aliphatic heterocycles. The first-order chi connectivity index (χ1) is 12.8. The van der Waals surface area contributed by atoms with Crippen molar-refractivity contribution >= 4 is 17.6 Å². The Morgan fingerprint density at radius 1 is 1.04 bits per heavy atom. The summed E-state index contributed by atoms with van der Waals surface area (Å²) in [7, 11) is 0. The minimum absolute atomic E-state index is 0.350. The normalized spacial score (nSPS) is 11.8. The van der Waals surface area contributed by atoms with Gasteiger partial charge in [-0.3, -0.25) is 4.79 Å². The molecule has 0 aliphatic carbocycles. The van der Waals surface area contributed by atoms with Crippen molar-refractivity contribution < 1.29 is 19.1 Å². The van der Waals surface area contributed by atoms with Crippen LogP contribution in [0.5, 0.6) is 5.75 Å². The van der Waals surface area contributed by atoms with E-state index in [0.29, 0.717) is 29.5 Å². The van der Waals surface area contributed by atoms with E-state index >= 15 is 0 Å².